The highest BCUT2D eigenvalue weighted by Gasteiger charge is 2.19. The van der Waals surface area contributed by atoms with Gasteiger partial charge in [-0.25, -0.2) is 0 Å². The number of rotatable bonds is 5. The van der Waals surface area contributed by atoms with Crippen LogP contribution in [0.1, 0.15) is 45.4 Å². The highest BCUT2D eigenvalue weighted by molar-refractivity contribution is 4.77. The number of β-amino-alcohol motifs (C(OH)–C–C–N with tert-alkyl or cyclic N) is 1. The second kappa shape index (κ2) is 6.72. The van der Waals surface area contributed by atoms with Gasteiger partial charge in [-0.2, -0.15) is 0 Å². The van der Waals surface area contributed by atoms with Crippen molar-refractivity contribution in [2.75, 3.05) is 26.2 Å². The van der Waals surface area contributed by atoms with E-state index in [0.29, 0.717) is 6.04 Å². The van der Waals surface area contributed by atoms with Crippen molar-refractivity contribution < 1.29 is 5.11 Å². The van der Waals surface area contributed by atoms with Crippen molar-refractivity contribution >= 4 is 0 Å². The Bertz CT molecular complexity index is 208. The molecule has 3 nitrogen and oxygen atoms in total. The Balaban J connectivity index is 1.58. The van der Waals surface area contributed by atoms with E-state index in [2.05, 4.69) is 17.1 Å². The lowest BCUT2D eigenvalue weighted by Gasteiger charge is -2.31. The molecule has 2 N–H and O–H groups in total. The van der Waals surface area contributed by atoms with Gasteiger partial charge in [0.25, 0.3) is 0 Å². The summed E-state index contributed by atoms with van der Waals surface area (Å²) in [7, 11) is 0. The Kier molecular flexibility index (Phi) is 5.26. The predicted octanol–water partition coefficient (Wildman–Crippen LogP) is 1.61. The Morgan fingerprint density at radius 3 is 2.47 bits per heavy atom. The molecule has 100 valence electrons. The number of piperidine rings is 1. The van der Waals surface area contributed by atoms with E-state index < -0.39 is 0 Å². The fourth-order valence-electron chi connectivity index (χ4n) is 3.04. The van der Waals surface area contributed by atoms with Gasteiger partial charge in [0.05, 0.1) is 6.10 Å². The second-order valence-corrected chi connectivity index (χ2v) is 6.03. The normalized spacial score (nSPS) is 26.5. The molecule has 1 atom stereocenters. The summed E-state index contributed by atoms with van der Waals surface area (Å²) >= 11 is 0. The first-order valence-electron chi connectivity index (χ1n) is 7.38. The molecule has 1 saturated heterocycles. The van der Waals surface area contributed by atoms with Crippen LogP contribution in [-0.4, -0.2) is 48.3 Å². The highest BCUT2D eigenvalue weighted by Crippen LogP contribution is 2.18. The molecule has 0 bridgehead atoms. The van der Waals surface area contributed by atoms with Gasteiger partial charge in [0, 0.05) is 19.1 Å². The summed E-state index contributed by atoms with van der Waals surface area (Å²) in [6, 6.07) is 0.672. The van der Waals surface area contributed by atoms with Gasteiger partial charge in [-0.1, -0.05) is 19.8 Å². The van der Waals surface area contributed by atoms with Crippen LogP contribution in [0.15, 0.2) is 0 Å². The Morgan fingerprint density at radius 2 is 1.82 bits per heavy atom. The van der Waals surface area contributed by atoms with Gasteiger partial charge < -0.3 is 15.3 Å². The predicted molar refractivity (Wildman–Crippen MR) is 71.1 cm³/mol. The van der Waals surface area contributed by atoms with Crippen LogP contribution in [0.2, 0.25) is 0 Å². The summed E-state index contributed by atoms with van der Waals surface area (Å²) in [5.41, 5.74) is 0. The van der Waals surface area contributed by atoms with Gasteiger partial charge in [0.1, 0.15) is 0 Å². The molecule has 1 heterocycles. The van der Waals surface area contributed by atoms with Gasteiger partial charge in [0.2, 0.25) is 0 Å². The van der Waals surface area contributed by atoms with Crippen molar-refractivity contribution in [3.63, 3.8) is 0 Å². The molecule has 2 rings (SSSR count). The van der Waals surface area contributed by atoms with Crippen molar-refractivity contribution in [2.24, 2.45) is 5.92 Å². The van der Waals surface area contributed by atoms with Crippen LogP contribution in [0.3, 0.4) is 0 Å². The molecule has 0 aromatic carbocycles. The molecule has 1 aliphatic carbocycles. The highest BCUT2D eigenvalue weighted by atomic mass is 16.3. The van der Waals surface area contributed by atoms with Crippen molar-refractivity contribution in [2.45, 2.75) is 57.6 Å². The zero-order valence-electron chi connectivity index (χ0n) is 11.2. The lowest BCUT2D eigenvalue weighted by Crippen LogP contribution is -2.43. The number of nitrogens with zero attached hydrogens (tertiary/aromatic N) is 1. The van der Waals surface area contributed by atoms with E-state index in [1.54, 1.807) is 0 Å². The van der Waals surface area contributed by atoms with E-state index in [0.717, 1.165) is 19.0 Å². The van der Waals surface area contributed by atoms with Gasteiger partial charge in [-0.05, 0) is 44.7 Å². The summed E-state index contributed by atoms with van der Waals surface area (Å²) in [5.74, 6) is 0.875. The second-order valence-electron chi connectivity index (χ2n) is 6.03. The quantitative estimate of drug-likeness (QED) is 0.766. The molecule has 1 unspecified atom stereocenters. The molecule has 0 radical (unpaired) electrons. The first-order chi connectivity index (χ1) is 8.24. The van der Waals surface area contributed by atoms with Gasteiger partial charge in [-0.15, -0.1) is 0 Å². The van der Waals surface area contributed by atoms with E-state index in [1.165, 1.54) is 51.6 Å². The van der Waals surface area contributed by atoms with Crippen molar-refractivity contribution in [3.8, 4) is 0 Å². The van der Waals surface area contributed by atoms with E-state index in [9.17, 15) is 5.11 Å². The standard InChI is InChI=1S/C14H28N2O/c1-12-6-8-16(9-7-12)11-14(17)10-15-13-4-2-3-5-13/h12-15,17H,2-11H2,1H3. The minimum absolute atomic E-state index is 0.191. The van der Waals surface area contributed by atoms with Crippen LogP contribution in [0.5, 0.6) is 0 Å². The van der Waals surface area contributed by atoms with Crippen molar-refractivity contribution in [1.82, 2.24) is 10.2 Å². The van der Waals surface area contributed by atoms with E-state index in [1.807, 2.05) is 0 Å². The van der Waals surface area contributed by atoms with Crippen molar-refractivity contribution in [1.29, 1.82) is 0 Å². The van der Waals surface area contributed by atoms with Crippen LogP contribution in [-0.2, 0) is 0 Å². The minimum Gasteiger partial charge on any atom is -0.390 e. The molecule has 2 aliphatic rings. The number of likely N-dealkylation sites (tertiary alicyclic amines) is 1. The number of aliphatic hydroxyl groups is 1. The molecule has 17 heavy (non-hydrogen) atoms. The Hall–Kier alpha value is -0.120. The topological polar surface area (TPSA) is 35.5 Å². The average Bonchev–Trinajstić information content (AvgIpc) is 2.83. The molecule has 3 heteroatoms. The smallest absolute Gasteiger partial charge is 0.0791 e. The van der Waals surface area contributed by atoms with E-state index in [4.69, 9.17) is 0 Å². The minimum atomic E-state index is -0.191. The van der Waals surface area contributed by atoms with Crippen LogP contribution >= 0.6 is 0 Å². The number of aliphatic hydroxyl groups excluding tert-OH is 1. The van der Waals surface area contributed by atoms with Crippen LogP contribution in [0.4, 0.5) is 0 Å². The average molecular weight is 240 g/mol. The van der Waals surface area contributed by atoms with Crippen LogP contribution < -0.4 is 5.32 Å². The Morgan fingerprint density at radius 1 is 1.18 bits per heavy atom. The summed E-state index contributed by atoms with van der Waals surface area (Å²) in [6.45, 7) is 6.29. The first kappa shape index (κ1) is 13.3. The lowest BCUT2D eigenvalue weighted by molar-refractivity contribution is 0.0889. The molecule has 1 saturated carbocycles. The Labute approximate surface area is 106 Å². The summed E-state index contributed by atoms with van der Waals surface area (Å²) < 4.78 is 0. The van der Waals surface area contributed by atoms with Crippen LogP contribution in [0, 0.1) is 5.92 Å². The summed E-state index contributed by atoms with van der Waals surface area (Å²) in [4.78, 5) is 2.42. The molecular weight excluding hydrogens is 212 g/mol. The van der Waals surface area contributed by atoms with Crippen LogP contribution in [0.25, 0.3) is 0 Å². The number of nitrogens with one attached hydrogen (secondary N) is 1. The molecule has 2 fully saturated rings. The maximum absolute atomic E-state index is 10.0. The van der Waals surface area contributed by atoms with E-state index in [-0.39, 0.29) is 6.10 Å². The number of hydrogen-bond acceptors (Lipinski definition) is 3. The molecule has 0 amide bonds. The maximum Gasteiger partial charge on any atom is 0.0791 e. The first-order valence-corrected chi connectivity index (χ1v) is 7.38. The zero-order chi connectivity index (χ0) is 12.1. The molecule has 0 aromatic heterocycles. The maximum atomic E-state index is 10.0. The SMILES string of the molecule is CC1CCN(CC(O)CNC2CCCC2)CC1. The van der Waals surface area contributed by atoms with Crippen molar-refractivity contribution in [3.05, 3.63) is 0 Å². The summed E-state index contributed by atoms with van der Waals surface area (Å²) in [6.07, 6.45) is 7.72. The third-order valence-electron chi connectivity index (χ3n) is 4.34. The van der Waals surface area contributed by atoms with Gasteiger partial charge in [-0.3, -0.25) is 0 Å². The molecular formula is C14H28N2O. The number of hydrogen-bond donors (Lipinski definition) is 2. The van der Waals surface area contributed by atoms with Gasteiger partial charge >= 0.3 is 0 Å². The molecule has 0 aromatic rings. The lowest BCUT2D eigenvalue weighted by atomic mass is 9.99. The monoisotopic (exact) mass is 240 g/mol. The molecule has 1 aliphatic heterocycles. The third-order valence-corrected chi connectivity index (χ3v) is 4.34. The summed E-state index contributed by atoms with van der Waals surface area (Å²) in [5, 5.41) is 13.5. The molecule has 0 spiro atoms. The fraction of sp³-hybridized carbons (Fsp3) is 1.00. The fourth-order valence-corrected chi connectivity index (χ4v) is 3.04. The van der Waals surface area contributed by atoms with Gasteiger partial charge in [0.15, 0.2) is 0 Å². The largest absolute Gasteiger partial charge is 0.390 e. The van der Waals surface area contributed by atoms with E-state index >= 15 is 0 Å². The third kappa shape index (κ3) is 4.57. The zero-order valence-corrected chi connectivity index (χ0v) is 11.2.